The fourth-order valence-electron chi connectivity index (χ4n) is 1.95. The van der Waals surface area contributed by atoms with E-state index in [1.165, 1.54) is 23.2 Å². The van der Waals surface area contributed by atoms with Gasteiger partial charge in [-0.15, -0.1) is 11.3 Å². The average molecular weight is 352 g/mol. The lowest BCUT2D eigenvalue weighted by atomic mass is 10.2. The van der Waals surface area contributed by atoms with Gasteiger partial charge in [-0.3, -0.25) is 4.79 Å². The van der Waals surface area contributed by atoms with Gasteiger partial charge in [-0.2, -0.15) is 0 Å². The van der Waals surface area contributed by atoms with Crippen molar-refractivity contribution in [1.82, 2.24) is 5.32 Å². The van der Waals surface area contributed by atoms with Crippen LogP contribution < -0.4 is 15.5 Å². The lowest BCUT2D eigenvalue weighted by molar-refractivity contribution is -0.116. The van der Waals surface area contributed by atoms with Crippen LogP contribution in [-0.4, -0.2) is 19.0 Å². The molecule has 0 radical (unpaired) electrons. The van der Waals surface area contributed by atoms with Crippen LogP contribution in [0, 0.1) is 0 Å². The lowest BCUT2D eigenvalue weighted by Crippen LogP contribution is -2.30. The SMILES string of the molecule is CC(=O)N(C)c1ccc(NC(=O)NC(C)c2ccc(Cl)s2)cc1. The Balaban J connectivity index is 1.93. The molecule has 122 valence electrons. The van der Waals surface area contributed by atoms with Crippen molar-refractivity contribution in [2.24, 2.45) is 0 Å². The van der Waals surface area contributed by atoms with Crippen LogP contribution in [0.25, 0.3) is 0 Å². The molecular formula is C16H18ClN3O2S. The molecule has 0 saturated heterocycles. The molecule has 2 N–H and O–H groups in total. The number of halogens is 1. The zero-order chi connectivity index (χ0) is 17.0. The number of nitrogens with one attached hydrogen (secondary N) is 2. The summed E-state index contributed by atoms with van der Waals surface area (Å²) >= 11 is 7.33. The minimum Gasteiger partial charge on any atom is -0.331 e. The number of carbonyl (C=O) groups excluding carboxylic acids is 2. The van der Waals surface area contributed by atoms with Gasteiger partial charge in [-0.05, 0) is 43.3 Å². The largest absolute Gasteiger partial charge is 0.331 e. The van der Waals surface area contributed by atoms with Gasteiger partial charge in [0.1, 0.15) is 0 Å². The number of nitrogens with zero attached hydrogens (tertiary/aromatic N) is 1. The summed E-state index contributed by atoms with van der Waals surface area (Å²) in [7, 11) is 1.70. The summed E-state index contributed by atoms with van der Waals surface area (Å²) in [6.45, 7) is 3.39. The fraction of sp³-hybridized carbons (Fsp3) is 0.250. The van der Waals surface area contributed by atoms with Crippen LogP contribution in [-0.2, 0) is 4.79 Å². The zero-order valence-corrected chi connectivity index (χ0v) is 14.7. The number of rotatable bonds is 4. The van der Waals surface area contributed by atoms with E-state index in [1.807, 2.05) is 19.1 Å². The van der Waals surface area contributed by atoms with Crippen LogP contribution in [0.4, 0.5) is 16.2 Å². The first-order chi connectivity index (χ1) is 10.9. The summed E-state index contributed by atoms with van der Waals surface area (Å²) in [5, 5.41) is 5.61. The van der Waals surface area contributed by atoms with Crippen LogP contribution in [0.5, 0.6) is 0 Å². The highest BCUT2D eigenvalue weighted by atomic mass is 35.5. The van der Waals surface area contributed by atoms with Gasteiger partial charge in [0.15, 0.2) is 0 Å². The summed E-state index contributed by atoms with van der Waals surface area (Å²) in [6.07, 6.45) is 0. The number of urea groups is 1. The number of thiophene rings is 1. The van der Waals surface area contributed by atoms with E-state index in [-0.39, 0.29) is 18.0 Å². The Bertz CT molecular complexity index is 700. The van der Waals surface area contributed by atoms with E-state index in [4.69, 9.17) is 11.6 Å². The van der Waals surface area contributed by atoms with E-state index in [2.05, 4.69) is 10.6 Å². The van der Waals surface area contributed by atoms with Crippen LogP contribution in [0.1, 0.15) is 24.8 Å². The van der Waals surface area contributed by atoms with Gasteiger partial charge >= 0.3 is 6.03 Å². The molecule has 2 rings (SSSR count). The molecular weight excluding hydrogens is 334 g/mol. The standard InChI is InChI=1S/C16H18ClN3O2S/c1-10(14-8-9-15(17)23-14)18-16(22)19-12-4-6-13(7-5-12)20(3)11(2)21/h4-10H,1-3H3,(H2,18,19,22). The molecule has 2 aromatic rings. The van der Waals surface area contributed by atoms with E-state index in [0.717, 1.165) is 10.6 Å². The normalized spacial score (nSPS) is 11.7. The van der Waals surface area contributed by atoms with Gasteiger partial charge in [-0.25, -0.2) is 4.79 Å². The molecule has 0 aliphatic heterocycles. The maximum Gasteiger partial charge on any atom is 0.319 e. The van der Waals surface area contributed by atoms with E-state index in [9.17, 15) is 9.59 Å². The third kappa shape index (κ3) is 4.71. The van der Waals surface area contributed by atoms with Crippen LogP contribution in [0.3, 0.4) is 0 Å². The molecule has 0 bridgehead atoms. The molecule has 1 aromatic heterocycles. The second-order valence-electron chi connectivity index (χ2n) is 5.09. The third-order valence-electron chi connectivity index (χ3n) is 3.35. The Kier molecular flexibility index (Phi) is 5.63. The summed E-state index contributed by atoms with van der Waals surface area (Å²) in [5.41, 5.74) is 1.42. The summed E-state index contributed by atoms with van der Waals surface area (Å²) in [4.78, 5) is 25.8. The Morgan fingerprint density at radius 1 is 1.17 bits per heavy atom. The highest BCUT2D eigenvalue weighted by Crippen LogP contribution is 2.26. The number of anilines is 2. The topological polar surface area (TPSA) is 61.4 Å². The monoisotopic (exact) mass is 351 g/mol. The predicted octanol–water partition coefficient (Wildman–Crippen LogP) is 4.27. The van der Waals surface area contributed by atoms with Crippen molar-refractivity contribution in [3.63, 3.8) is 0 Å². The maximum atomic E-state index is 12.0. The highest BCUT2D eigenvalue weighted by Gasteiger charge is 2.12. The second kappa shape index (κ2) is 7.48. The van der Waals surface area contributed by atoms with Gasteiger partial charge < -0.3 is 15.5 Å². The number of amides is 3. The zero-order valence-electron chi connectivity index (χ0n) is 13.1. The molecule has 0 aliphatic carbocycles. The van der Waals surface area contributed by atoms with E-state index >= 15 is 0 Å². The molecule has 1 heterocycles. The molecule has 7 heteroatoms. The summed E-state index contributed by atoms with van der Waals surface area (Å²) < 4.78 is 0.694. The molecule has 0 saturated carbocycles. The molecule has 3 amide bonds. The number of hydrogen-bond donors (Lipinski definition) is 2. The van der Waals surface area contributed by atoms with Crippen molar-refractivity contribution < 1.29 is 9.59 Å². The smallest absolute Gasteiger partial charge is 0.319 e. The van der Waals surface area contributed by atoms with Gasteiger partial charge in [0.25, 0.3) is 0 Å². The van der Waals surface area contributed by atoms with Gasteiger partial charge in [0.2, 0.25) is 5.91 Å². The summed E-state index contributed by atoms with van der Waals surface area (Å²) in [5.74, 6) is -0.0492. The first-order valence-electron chi connectivity index (χ1n) is 7.04. The van der Waals surface area contributed by atoms with Crippen molar-refractivity contribution >= 4 is 46.3 Å². The lowest BCUT2D eigenvalue weighted by Gasteiger charge is -2.16. The molecule has 0 spiro atoms. The quantitative estimate of drug-likeness (QED) is 0.864. The second-order valence-corrected chi connectivity index (χ2v) is 6.83. The molecule has 1 atom stereocenters. The minimum atomic E-state index is -0.297. The van der Waals surface area contributed by atoms with Crippen molar-refractivity contribution in [2.45, 2.75) is 19.9 Å². The van der Waals surface area contributed by atoms with Crippen LogP contribution in [0.2, 0.25) is 4.34 Å². The number of carbonyl (C=O) groups is 2. The van der Waals surface area contributed by atoms with Crippen LogP contribution >= 0.6 is 22.9 Å². The molecule has 5 nitrogen and oxygen atoms in total. The van der Waals surface area contributed by atoms with Crippen molar-refractivity contribution in [1.29, 1.82) is 0 Å². The van der Waals surface area contributed by atoms with Crippen LogP contribution in [0.15, 0.2) is 36.4 Å². The molecule has 23 heavy (non-hydrogen) atoms. The predicted molar refractivity (Wildman–Crippen MR) is 95.4 cm³/mol. The Morgan fingerprint density at radius 3 is 2.35 bits per heavy atom. The van der Waals surface area contributed by atoms with Gasteiger partial charge in [0, 0.05) is 30.2 Å². The first-order valence-corrected chi connectivity index (χ1v) is 8.23. The van der Waals surface area contributed by atoms with Gasteiger partial charge in [0.05, 0.1) is 10.4 Å². The fourth-order valence-corrected chi connectivity index (χ4v) is 3.01. The molecule has 1 aromatic carbocycles. The van der Waals surface area contributed by atoms with Gasteiger partial charge in [-0.1, -0.05) is 11.6 Å². The highest BCUT2D eigenvalue weighted by molar-refractivity contribution is 7.16. The van der Waals surface area contributed by atoms with Crippen molar-refractivity contribution in [3.05, 3.63) is 45.6 Å². The number of benzene rings is 1. The maximum absolute atomic E-state index is 12.0. The van der Waals surface area contributed by atoms with E-state index in [1.54, 1.807) is 31.3 Å². The van der Waals surface area contributed by atoms with Crippen molar-refractivity contribution in [2.75, 3.05) is 17.3 Å². The minimum absolute atomic E-state index is 0.0492. The Morgan fingerprint density at radius 2 is 1.83 bits per heavy atom. The first kappa shape index (κ1) is 17.3. The molecule has 0 fully saturated rings. The Hall–Kier alpha value is -2.05. The summed E-state index contributed by atoms with van der Waals surface area (Å²) in [6, 6.07) is 10.3. The third-order valence-corrected chi connectivity index (χ3v) is 4.77. The number of hydrogen-bond acceptors (Lipinski definition) is 3. The average Bonchev–Trinajstić information content (AvgIpc) is 2.93. The van der Waals surface area contributed by atoms with Crippen molar-refractivity contribution in [3.8, 4) is 0 Å². The van der Waals surface area contributed by atoms with E-state index < -0.39 is 0 Å². The Labute approximate surface area is 144 Å². The molecule has 0 aliphatic rings. The van der Waals surface area contributed by atoms with E-state index in [0.29, 0.717) is 10.0 Å². The molecule has 1 unspecified atom stereocenters.